The molecule has 8 heteroatoms. The van der Waals surface area contributed by atoms with Crippen molar-refractivity contribution >= 4 is 31.4 Å². The van der Waals surface area contributed by atoms with E-state index in [1.807, 2.05) is 39.0 Å². The average Bonchev–Trinajstić information content (AvgIpc) is 2.71. The first kappa shape index (κ1) is 23.8. The molecule has 0 aliphatic heterocycles. The molecule has 0 aromatic heterocycles. The van der Waals surface area contributed by atoms with Crippen molar-refractivity contribution < 1.29 is 16.8 Å². The van der Waals surface area contributed by atoms with Crippen LogP contribution in [0.5, 0.6) is 0 Å². The molecule has 0 radical (unpaired) electrons. The molecule has 0 aliphatic carbocycles. The summed E-state index contributed by atoms with van der Waals surface area (Å²) in [4.78, 5) is 0.179. The molecule has 0 atom stereocenters. The number of aryl methyl sites for hydroxylation is 4. The highest BCUT2D eigenvalue weighted by atomic mass is 32.2. The molecule has 0 bridgehead atoms. The van der Waals surface area contributed by atoms with Crippen LogP contribution in [0.2, 0.25) is 0 Å². The molecule has 0 amide bonds. The van der Waals surface area contributed by atoms with E-state index in [1.54, 1.807) is 44.2 Å². The van der Waals surface area contributed by atoms with Crippen LogP contribution in [0.25, 0.3) is 0 Å². The van der Waals surface area contributed by atoms with Crippen molar-refractivity contribution in [2.45, 2.75) is 44.4 Å². The Bertz CT molecular complexity index is 1360. The molecule has 3 rings (SSSR count). The number of hydrogen-bond donors (Lipinski definition) is 1. The van der Waals surface area contributed by atoms with E-state index in [2.05, 4.69) is 4.72 Å². The van der Waals surface area contributed by atoms with Gasteiger partial charge in [-0.3, -0.25) is 9.03 Å². The minimum atomic E-state index is -3.95. The summed E-state index contributed by atoms with van der Waals surface area (Å²) in [5, 5.41) is 0. The quantitative estimate of drug-likeness (QED) is 0.556. The molecule has 3 aromatic rings. The van der Waals surface area contributed by atoms with Gasteiger partial charge in [0.2, 0.25) is 0 Å². The average molecular weight is 473 g/mol. The summed E-state index contributed by atoms with van der Waals surface area (Å²) in [5.41, 5.74) is 4.44. The number of para-hydroxylation sites is 1. The lowest BCUT2D eigenvalue weighted by Gasteiger charge is -2.25. The van der Waals surface area contributed by atoms with Crippen molar-refractivity contribution in [2.75, 3.05) is 16.1 Å². The smallest absolute Gasteiger partial charge is 0.264 e. The number of hydrogen-bond acceptors (Lipinski definition) is 4. The molecule has 0 saturated carbocycles. The Morgan fingerprint density at radius 2 is 1.28 bits per heavy atom. The second-order valence-corrected chi connectivity index (χ2v) is 11.6. The summed E-state index contributed by atoms with van der Waals surface area (Å²) in [6.07, 6.45) is 0. The highest BCUT2D eigenvalue weighted by Crippen LogP contribution is 2.34. The third-order valence-corrected chi connectivity index (χ3v) is 8.85. The first-order chi connectivity index (χ1) is 14.9. The van der Waals surface area contributed by atoms with Crippen LogP contribution in [0, 0.1) is 34.6 Å². The van der Waals surface area contributed by atoms with Gasteiger partial charge < -0.3 is 0 Å². The Labute approximate surface area is 191 Å². The summed E-state index contributed by atoms with van der Waals surface area (Å²) >= 11 is 0. The van der Waals surface area contributed by atoms with Crippen molar-refractivity contribution in [1.29, 1.82) is 0 Å². The van der Waals surface area contributed by atoms with Crippen LogP contribution in [-0.4, -0.2) is 23.9 Å². The molecule has 3 aromatic carbocycles. The summed E-state index contributed by atoms with van der Waals surface area (Å²) in [7, 11) is -6.37. The lowest BCUT2D eigenvalue weighted by atomic mass is 10.1. The van der Waals surface area contributed by atoms with Crippen LogP contribution < -0.4 is 9.03 Å². The fraction of sp³-hybridized carbons (Fsp3) is 0.250. The maximum absolute atomic E-state index is 13.3. The molecular formula is C24H28N2O4S2. The zero-order valence-electron chi connectivity index (χ0n) is 19.1. The van der Waals surface area contributed by atoms with Gasteiger partial charge in [-0.25, -0.2) is 16.8 Å². The van der Waals surface area contributed by atoms with Gasteiger partial charge in [0, 0.05) is 7.05 Å². The predicted molar refractivity (Wildman–Crippen MR) is 129 cm³/mol. The molecule has 0 spiro atoms. The number of anilines is 2. The number of nitrogens with one attached hydrogen (secondary N) is 1. The topological polar surface area (TPSA) is 83.6 Å². The molecule has 0 unspecified atom stereocenters. The predicted octanol–water partition coefficient (Wildman–Crippen LogP) is 4.85. The van der Waals surface area contributed by atoms with Crippen molar-refractivity contribution in [2.24, 2.45) is 0 Å². The lowest BCUT2D eigenvalue weighted by molar-refractivity contribution is 0.592. The van der Waals surface area contributed by atoms with Crippen molar-refractivity contribution in [1.82, 2.24) is 0 Å². The zero-order chi connectivity index (χ0) is 23.8. The van der Waals surface area contributed by atoms with E-state index in [4.69, 9.17) is 0 Å². The third-order valence-electron chi connectivity index (χ3n) is 5.58. The highest BCUT2D eigenvalue weighted by Gasteiger charge is 2.28. The van der Waals surface area contributed by atoms with Gasteiger partial charge >= 0.3 is 0 Å². The Morgan fingerprint density at radius 1 is 0.719 bits per heavy atom. The second kappa shape index (κ2) is 8.60. The van der Waals surface area contributed by atoms with E-state index in [0.717, 1.165) is 21.0 Å². The first-order valence-corrected chi connectivity index (χ1v) is 13.0. The summed E-state index contributed by atoms with van der Waals surface area (Å²) in [6, 6.07) is 15.2. The van der Waals surface area contributed by atoms with Gasteiger partial charge in [0.05, 0.1) is 21.2 Å². The van der Waals surface area contributed by atoms with Gasteiger partial charge in [0.25, 0.3) is 20.0 Å². The van der Waals surface area contributed by atoms with Crippen LogP contribution >= 0.6 is 0 Å². The van der Waals surface area contributed by atoms with Crippen molar-refractivity contribution in [3.05, 3.63) is 82.4 Å². The Morgan fingerprint density at radius 3 is 1.84 bits per heavy atom. The van der Waals surface area contributed by atoms with E-state index in [0.29, 0.717) is 22.5 Å². The molecule has 0 fully saturated rings. The molecule has 6 nitrogen and oxygen atoms in total. The fourth-order valence-corrected chi connectivity index (χ4v) is 6.51. The van der Waals surface area contributed by atoms with Crippen LogP contribution in [0.3, 0.4) is 0 Å². The number of rotatable bonds is 6. The molecule has 0 saturated heterocycles. The van der Waals surface area contributed by atoms with Gasteiger partial charge in [-0.2, -0.15) is 0 Å². The van der Waals surface area contributed by atoms with Crippen molar-refractivity contribution in [3.63, 3.8) is 0 Å². The van der Waals surface area contributed by atoms with Gasteiger partial charge in [-0.15, -0.1) is 0 Å². The summed E-state index contributed by atoms with van der Waals surface area (Å²) in [5.74, 6) is 0. The molecule has 32 heavy (non-hydrogen) atoms. The Hall–Kier alpha value is -2.84. The van der Waals surface area contributed by atoms with E-state index >= 15 is 0 Å². The first-order valence-electron chi connectivity index (χ1n) is 10.1. The van der Waals surface area contributed by atoms with Crippen molar-refractivity contribution in [3.8, 4) is 0 Å². The second-order valence-electron chi connectivity index (χ2n) is 8.01. The van der Waals surface area contributed by atoms with Crippen LogP contribution in [0.1, 0.15) is 27.8 Å². The maximum Gasteiger partial charge on any atom is 0.264 e. The fourth-order valence-electron chi connectivity index (χ4n) is 3.75. The molecule has 0 aliphatic rings. The minimum absolute atomic E-state index is 0.0340. The monoisotopic (exact) mass is 472 g/mol. The Balaban J connectivity index is 2.10. The van der Waals surface area contributed by atoms with Crippen LogP contribution in [0.4, 0.5) is 11.4 Å². The Kier molecular flexibility index (Phi) is 6.40. The molecule has 1 N–H and O–H groups in total. The van der Waals surface area contributed by atoms with Crippen LogP contribution in [-0.2, 0) is 20.0 Å². The molecule has 170 valence electrons. The standard InChI is InChI=1S/C24H28N2O4S2/c1-16-10-13-21(14-11-16)32(29,30)26(6)24-19(4)12-15-22(20(24)5)31(27,28)25-23-17(2)8-7-9-18(23)3/h7-15,25H,1-6H3. The van der Waals surface area contributed by atoms with Crippen LogP contribution in [0.15, 0.2) is 64.4 Å². The SMILES string of the molecule is Cc1ccc(S(=O)(=O)N(C)c2c(C)ccc(S(=O)(=O)Nc3c(C)cccc3C)c2C)cc1. The summed E-state index contributed by atoms with van der Waals surface area (Å²) < 4.78 is 56.9. The van der Waals surface area contributed by atoms with Gasteiger partial charge in [0.1, 0.15) is 0 Å². The van der Waals surface area contributed by atoms with E-state index < -0.39 is 20.0 Å². The minimum Gasteiger partial charge on any atom is -0.279 e. The summed E-state index contributed by atoms with van der Waals surface area (Å²) in [6.45, 7) is 8.94. The van der Waals surface area contributed by atoms with E-state index in [9.17, 15) is 16.8 Å². The molecule has 0 heterocycles. The van der Waals surface area contributed by atoms with Gasteiger partial charge in [0.15, 0.2) is 0 Å². The number of nitrogens with zero attached hydrogens (tertiary/aromatic N) is 1. The largest absolute Gasteiger partial charge is 0.279 e. The lowest BCUT2D eigenvalue weighted by Crippen LogP contribution is -2.28. The normalized spacial score (nSPS) is 11.9. The maximum atomic E-state index is 13.3. The zero-order valence-corrected chi connectivity index (χ0v) is 20.7. The molecular weight excluding hydrogens is 444 g/mol. The van der Waals surface area contributed by atoms with E-state index in [1.165, 1.54) is 13.1 Å². The van der Waals surface area contributed by atoms with Gasteiger partial charge in [-0.05, 0) is 75.1 Å². The van der Waals surface area contributed by atoms with Gasteiger partial charge in [-0.1, -0.05) is 42.0 Å². The number of benzene rings is 3. The highest BCUT2D eigenvalue weighted by molar-refractivity contribution is 7.93. The third kappa shape index (κ3) is 4.38. The number of sulfonamides is 2. The van der Waals surface area contributed by atoms with E-state index in [-0.39, 0.29) is 9.79 Å².